The first-order valence-electron chi connectivity index (χ1n) is 7.68. The van der Waals surface area contributed by atoms with E-state index in [2.05, 4.69) is 15.4 Å². The molecule has 1 fully saturated rings. The van der Waals surface area contributed by atoms with Crippen molar-refractivity contribution in [3.05, 3.63) is 29.3 Å². The van der Waals surface area contributed by atoms with Crippen LogP contribution in [0.5, 0.6) is 0 Å². The van der Waals surface area contributed by atoms with Gasteiger partial charge in [0.1, 0.15) is 0 Å². The molecule has 0 spiro atoms. The van der Waals surface area contributed by atoms with E-state index in [1.54, 1.807) is 17.0 Å². The van der Waals surface area contributed by atoms with Crippen LogP contribution in [-0.2, 0) is 4.79 Å². The third-order valence-corrected chi connectivity index (χ3v) is 4.27. The van der Waals surface area contributed by atoms with Gasteiger partial charge < -0.3 is 10.6 Å². The lowest BCUT2D eigenvalue weighted by molar-refractivity contribution is -0.134. The molecule has 1 saturated heterocycles. The van der Waals surface area contributed by atoms with Crippen molar-refractivity contribution >= 4 is 17.5 Å². The summed E-state index contributed by atoms with van der Waals surface area (Å²) in [7, 11) is 0. The van der Waals surface area contributed by atoms with Crippen molar-refractivity contribution in [2.24, 2.45) is 5.73 Å². The molecule has 1 amide bonds. The second kappa shape index (κ2) is 6.64. The van der Waals surface area contributed by atoms with Gasteiger partial charge in [-0.3, -0.25) is 4.79 Å². The van der Waals surface area contributed by atoms with E-state index in [1.807, 2.05) is 19.1 Å². The number of likely N-dealkylation sites (tertiary alicyclic amines) is 1. The average Bonchev–Trinajstić information content (AvgIpc) is 3.18. The second-order valence-corrected chi connectivity index (χ2v) is 6.13. The van der Waals surface area contributed by atoms with Crippen molar-refractivity contribution in [1.29, 1.82) is 0 Å². The Morgan fingerprint density at radius 2 is 2.17 bits per heavy atom. The van der Waals surface area contributed by atoms with E-state index >= 15 is 0 Å². The maximum atomic E-state index is 12.6. The number of carbonyl (C=O) groups is 1. The number of nitrogens with two attached hydrogens (primary N) is 1. The Hall–Kier alpha value is -1.99. The van der Waals surface area contributed by atoms with Crippen LogP contribution >= 0.6 is 11.6 Å². The topological polar surface area (TPSA) is 89.9 Å². The molecule has 8 heteroatoms. The molecule has 0 bridgehead atoms. The minimum Gasteiger partial charge on any atom is -0.339 e. The van der Waals surface area contributed by atoms with Gasteiger partial charge in [0.25, 0.3) is 0 Å². The Kier molecular flexibility index (Phi) is 4.58. The molecule has 122 valence electrons. The van der Waals surface area contributed by atoms with Crippen molar-refractivity contribution in [1.82, 2.24) is 25.1 Å². The predicted octanol–water partition coefficient (Wildman–Crippen LogP) is 1.50. The molecule has 1 aliphatic heterocycles. The van der Waals surface area contributed by atoms with Crippen molar-refractivity contribution < 1.29 is 4.79 Å². The van der Waals surface area contributed by atoms with E-state index in [9.17, 15) is 4.79 Å². The van der Waals surface area contributed by atoms with Crippen LogP contribution in [-0.4, -0.2) is 50.1 Å². The highest BCUT2D eigenvalue weighted by atomic mass is 35.5. The Balaban J connectivity index is 1.79. The number of hydrogen-bond donors (Lipinski definition) is 1. The Morgan fingerprint density at radius 3 is 2.78 bits per heavy atom. The number of aromatic nitrogens is 4. The molecule has 0 unspecified atom stereocenters. The van der Waals surface area contributed by atoms with Gasteiger partial charge in [0.2, 0.25) is 11.7 Å². The van der Waals surface area contributed by atoms with E-state index in [-0.39, 0.29) is 11.9 Å². The molecule has 2 heterocycles. The highest BCUT2D eigenvalue weighted by Crippen LogP contribution is 2.20. The molecule has 0 radical (unpaired) electrons. The summed E-state index contributed by atoms with van der Waals surface area (Å²) in [5, 5.41) is 13.1. The lowest BCUT2D eigenvalue weighted by Gasteiger charge is -2.21. The highest BCUT2D eigenvalue weighted by Gasteiger charge is 2.31. The van der Waals surface area contributed by atoms with Gasteiger partial charge in [-0.2, -0.15) is 4.80 Å². The second-order valence-electron chi connectivity index (χ2n) is 5.70. The third-order valence-electron chi connectivity index (χ3n) is 4.02. The minimum absolute atomic E-state index is 0.000469. The number of nitrogens with zero attached hydrogens (tertiary/aromatic N) is 5. The van der Waals surface area contributed by atoms with Gasteiger partial charge in [-0.15, -0.1) is 10.2 Å². The van der Waals surface area contributed by atoms with E-state index in [0.717, 1.165) is 12.0 Å². The first kappa shape index (κ1) is 15.9. The molecule has 23 heavy (non-hydrogen) atoms. The van der Waals surface area contributed by atoms with Gasteiger partial charge in [-0.05, 0) is 42.3 Å². The number of halogens is 1. The molecule has 1 aromatic heterocycles. The maximum Gasteiger partial charge on any atom is 0.249 e. The van der Waals surface area contributed by atoms with Crippen LogP contribution in [0, 0.1) is 0 Å². The fraction of sp³-hybridized carbons (Fsp3) is 0.467. The molecule has 0 aliphatic carbocycles. The average molecular weight is 335 g/mol. The Morgan fingerprint density at radius 1 is 1.43 bits per heavy atom. The maximum absolute atomic E-state index is 12.6. The van der Waals surface area contributed by atoms with Gasteiger partial charge in [-0.25, -0.2) is 0 Å². The Bertz CT molecular complexity index is 686. The lowest BCUT2D eigenvalue weighted by Crippen LogP contribution is -2.38. The summed E-state index contributed by atoms with van der Waals surface area (Å²) in [4.78, 5) is 15.8. The SMILES string of the molecule is CC[C@H](C(=O)N1CC[C@H](N)C1)n1nnc(-c2ccc(Cl)cc2)n1. The fourth-order valence-corrected chi connectivity index (χ4v) is 2.83. The first-order chi connectivity index (χ1) is 11.1. The molecule has 2 atom stereocenters. The molecule has 7 nitrogen and oxygen atoms in total. The number of tetrazole rings is 1. The zero-order chi connectivity index (χ0) is 16.4. The smallest absolute Gasteiger partial charge is 0.249 e. The molecule has 2 N–H and O–H groups in total. The summed E-state index contributed by atoms with van der Waals surface area (Å²) in [6.07, 6.45) is 1.43. The standard InChI is InChI=1S/C15H19ClN6O/c1-2-13(15(23)21-8-7-12(17)9-21)22-19-14(18-20-22)10-3-5-11(16)6-4-10/h3-6,12-13H,2,7-9,17H2,1H3/t12-,13+/m0/s1. The van der Waals surface area contributed by atoms with Crippen molar-refractivity contribution in [3.63, 3.8) is 0 Å². The summed E-state index contributed by atoms with van der Waals surface area (Å²) in [5.74, 6) is 0.478. The summed E-state index contributed by atoms with van der Waals surface area (Å²) in [5.41, 5.74) is 6.69. The minimum atomic E-state index is -0.450. The lowest BCUT2D eigenvalue weighted by atomic mass is 10.2. The van der Waals surface area contributed by atoms with E-state index < -0.39 is 6.04 Å². The van der Waals surface area contributed by atoms with Crippen LogP contribution in [0.25, 0.3) is 11.4 Å². The largest absolute Gasteiger partial charge is 0.339 e. The molecule has 2 aromatic rings. The van der Waals surface area contributed by atoms with Gasteiger partial charge in [0.05, 0.1) is 0 Å². The number of carbonyl (C=O) groups excluding carboxylic acids is 1. The van der Waals surface area contributed by atoms with Crippen molar-refractivity contribution in [3.8, 4) is 11.4 Å². The van der Waals surface area contributed by atoms with Crippen LogP contribution in [0.3, 0.4) is 0 Å². The number of hydrogen-bond acceptors (Lipinski definition) is 5. The quantitative estimate of drug-likeness (QED) is 0.915. The number of benzene rings is 1. The highest BCUT2D eigenvalue weighted by molar-refractivity contribution is 6.30. The van der Waals surface area contributed by atoms with Crippen LogP contribution in [0.1, 0.15) is 25.8 Å². The molecular weight excluding hydrogens is 316 g/mol. The number of amides is 1. The van der Waals surface area contributed by atoms with Gasteiger partial charge in [-0.1, -0.05) is 18.5 Å². The van der Waals surface area contributed by atoms with E-state index in [4.69, 9.17) is 17.3 Å². The molecule has 3 rings (SSSR count). The van der Waals surface area contributed by atoms with E-state index in [1.165, 1.54) is 4.80 Å². The summed E-state index contributed by atoms with van der Waals surface area (Å²) >= 11 is 5.88. The van der Waals surface area contributed by atoms with Crippen molar-refractivity contribution in [2.45, 2.75) is 31.8 Å². The normalized spacial score (nSPS) is 19.1. The zero-order valence-electron chi connectivity index (χ0n) is 12.9. The van der Waals surface area contributed by atoms with Gasteiger partial charge in [0, 0.05) is 29.7 Å². The predicted molar refractivity (Wildman–Crippen MR) is 86.8 cm³/mol. The van der Waals surface area contributed by atoms with Crippen LogP contribution < -0.4 is 5.73 Å². The van der Waals surface area contributed by atoms with Crippen LogP contribution in [0.15, 0.2) is 24.3 Å². The monoisotopic (exact) mass is 334 g/mol. The fourth-order valence-electron chi connectivity index (χ4n) is 2.71. The first-order valence-corrected chi connectivity index (χ1v) is 8.06. The van der Waals surface area contributed by atoms with Crippen LogP contribution in [0.4, 0.5) is 0 Å². The molecule has 0 saturated carbocycles. The molecule has 1 aliphatic rings. The Labute approximate surface area is 139 Å². The molecule has 1 aromatic carbocycles. The van der Waals surface area contributed by atoms with Gasteiger partial charge in [0.15, 0.2) is 6.04 Å². The number of rotatable bonds is 4. The van der Waals surface area contributed by atoms with E-state index in [0.29, 0.717) is 30.4 Å². The summed E-state index contributed by atoms with van der Waals surface area (Å²) < 4.78 is 0. The summed E-state index contributed by atoms with van der Waals surface area (Å²) in [6, 6.07) is 6.80. The zero-order valence-corrected chi connectivity index (χ0v) is 13.6. The summed E-state index contributed by atoms with van der Waals surface area (Å²) in [6.45, 7) is 3.22. The van der Waals surface area contributed by atoms with Crippen LogP contribution in [0.2, 0.25) is 5.02 Å². The third kappa shape index (κ3) is 3.35. The molecular formula is C15H19ClN6O. The van der Waals surface area contributed by atoms with Crippen molar-refractivity contribution in [2.75, 3.05) is 13.1 Å². The van der Waals surface area contributed by atoms with Gasteiger partial charge >= 0.3 is 0 Å².